The molecule has 0 unspecified atom stereocenters. The van der Waals surface area contributed by atoms with Gasteiger partial charge >= 0.3 is 0 Å². The Morgan fingerprint density at radius 2 is 2.00 bits per heavy atom. The summed E-state index contributed by atoms with van der Waals surface area (Å²) in [4.78, 5) is 10.4. The highest BCUT2D eigenvalue weighted by Crippen LogP contribution is 2.19. The minimum Gasteiger partial charge on any atom is -0.409 e. The van der Waals surface area contributed by atoms with Crippen molar-refractivity contribution in [1.82, 2.24) is 9.97 Å². The van der Waals surface area contributed by atoms with Gasteiger partial charge in [0, 0.05) is 31.7 Å². The van der Waals surface area contributed by atoms with Crippen molar-refractivity contribution in [3.63, 3.8) is 0 Å². The lowest BCUT2D eigenvalue weighted by atomic mass is 10.2. The molecule has 6 nitrogen and oxygen atoms in total. The highest BCUT2D eigenvalue weighted by Gasteiger charge is 2.13. The Morgan fingerprint density at radius 1 is 1.30 bits per heavy atom. The van der Waals surface area contributed by atoms with Crippen molar-refractivity contribution in [1.29, 1.82) is 0 Å². The van der Waals surface area contributed by atoms with Crippen LogP contribution in [0.25, 0.3) is 0 Å². The third-order valence-corrected chi connectivity index (χ3v) is 2.93. The summed E-state index contributed by atoms with van der Waals surface area (Å²) in [6.07, 6.45) is 3.49. The molecule has 0 fully saturated rings. The third kappa shape index (κ3) is 3.03. The first-order chi connectivity index (χ1) is 9.61. The summed E-state index contributed by atoms with van der Waals surface area (Å²) >= 11 is 0. The number of hydrogen-bond acceptors (Lipinski definition) is 5. The first kappa shape index (κ1) is 13.8. The van der Waals surface area contributed by atoms with E-state index in [1.165, 1.54) is 0 Å². The summed E-state index contributed by atoms with van der Waals surface area (Å²) in [6.45, 7) is 2.56. The van der Waals surface area contributed by atoms with Gasteiger partial charge in [-0.1, -0.05) is 5.16 Å². The summed E-state index contributed by atoms with van der Waals surface area (Å²) in [6, 6.07) is 7.51. The lowest BCUT2D eigenvalue weighted by molar-refractivity contribution is 0.318. The van der Waals surface area contributed by atoms with Crippen LogP contribution in [0.2, 0.25) is 0 Å². The van der Waals surface area contributed by atoms with Crippen molar-refractivity contribution in [2.45, 2.75) is 13.5 Å². The van der Waals surface area contributed by atoms with Crippen LogP contribution in [-0.2, 0) is 6.54 Å². The topological polar surface area (TPSA) is 87.6 Å². The second kappa shape index (κ2) is 6.01. The first-order valence-electron chi connectivity index (χ1n) is 6.17. The predicted octanol–water partition coefficient (Wildman–Crippen LogP) is 1.52. The lowest BCUT2D eigenvalue weighted by Gasteiger charge is -2.21. The van der Waals surface area contributed by atoms with E-state index in [2.05, 4.69) is 15.1 Å². The summed E-state index contributed by atoms with van der Waals surface area (Å²) in [7, 11) is 1.91. The fourth-order valence-corrected chi connectivity index (χ4v) is 1.92. The molecule has 0 atom stereocenters. The Morgan fingerprint density at radius 3 is 2.65 bits per heavy atom. The van der Waals surface area contributed by atoms with Crippen molar-refractivity contribution < 1.29 is 5.21 Å². The van der Waals surface area contributed by atoms with E-state index >= 15 is 0 Å². The van der Waals surface area contributed by atoms with Crippen LogP contribution in [0.15, 0.2) is 41.8 Å². The molecule has 0 aromatic carbocycles. The molecular weight excluding hydrogens is 254 g/mol. The van der Waals surface area contributed by atoms with Crippen LogP contribution < -0.4 is 10.6 Å². The number of hydrogen-bond donors (Lipinski definition) is 2. The normalized spacial score (nSPS) is 11.4. The third-order valence-electron chi connectivity index (χ3n) is 2.93. The molecular formula is C14H17N5O. The lowest BCUT2D eigenvalue weighted by Crippen LogP contribution is -2.24. The van der Waals surface area contributed by atoms with Crippen LogP contribution in [-0.4, -0.2) is 28.1 Å². The van der Waals surface area contributed by atoms with Gasteiger partial charge in [0.1, 0.15) is 5.82 Å². The molecule has 2 aromatic rings. The molecule has 0 saturated heterocycles. The Labute approximate surface area is 117 Å². The predicted molar refractivity (Wildman–Crippen MR) is 77.8 cm³/mol. The average molecular weight is 271 g/mol. The number of anilines is 1. The van der Waals surface area contributed by atoms with Crippen LogP contribution in [0.1, 0.15) is 16.8 Å². The molecule has 0 bridgehead atoms. The molecule has 104 valence electrons. The van der Waals surface area contributed by atoms with E-state index in [9.17, 15) is 0 Å². The summed E-state index contributed by atoms with van der Waals surface area (Å²) in [5, 5.41) is 11.9. The SMILES string of the molecule is Cc1ccc(C(N)=NO)c(N(C)Cc2ccncc2)n1. The molecule has 0 saturated carbocycles. The number of nitrogens with zero attached hydrogens (tertiary/aromatic N) is 4. The van der Waals surface area contributed by atoms with Crippen molar-refractivity contribution in [3.05, 3.63) is 53.5 Å². The van der Waals surface area contributed by atoms with Gasteiger partial charge in [0.2, 0.25) is 0 Å². The zero-order valence-electron chi connectivity index (χ0n) is 11.5. The Kier molecular flexibility index (Phi) is 4.14. The standard InChI is InChI=1S/C14H17N5O/c1-10-3-4-12(13(15)18-20)14(17-10)19(2)9-11-5-7-16-8-6-11/h3-8,20H,9H2,1-2H3,(H2,15,18). The van der Waals surface area contributed by atoms with Crippen molar-refractivity contribution >= 4 is 11.7 Å². The molecule has 2 aromatic heterocycles. The maximum Gasteiger partial charge on any atom is 0.173 e. The molecule has 0 amide bonds. The Bertz CT molecular complexity index is 612. The zero-order chi connectivity index (χ0) is 14.5. The van der Waals surface area contributed by atoms with E-state index in [0.29, 0.717) is 17.9 Å². The highest BCUT2D eigenvalue weighted by atomic mass is 16.4. The van der Waals surface area contributed by atoms with Gasteiger partial charge in [0.15, 0.2) is 5.84 Å². The summed E-state index contributed by atoms with van der Waals surface area (Å²) in [5.41, 5.74) is 8.28. The molecule has 0 radical (unpaired) electrons. The molecule has 0 aliphatic carbocycles. The van der Waals surface area contributed by atoms with Gasteiger partial charge in [0.05, 0.1) is 5.56 Å². The molecule has 2 heterocycles. The van der Waals surface area contributed by atoms with Gasteiger partial charge in [-0.15, -0.1) is 0 Å². The van der Waals surface area contributed by atoms with Crippen LogP contribution in [0.5, 0.6) is 0 Å². The monoisotopic (exact) mass is 271 g/mol. The zero-order valence-corrected chi connectivity index (χ0v) is 11.5. The Balaban J connectivity index is 2.33. The number of amidine groups is 1. The number of nitrogens with two attached hydrogens (primary N) is 1. The summed E-state index contributed by atoms with van der Waals surface area (Å²) < 4.78 is 0. The maximum absolute atomic E-state index is 8.86. The summed E-state index contributed by atoms with van der Waals surface area (Å²) in [5.74, 6) is 0.728. The van der Waals surface area contributed by atoms with E-state index in [0.717, 1.165) is 11.3 Å². The van der Waals surface area contributed by atoms with Crippen molar-refractivity contribution in [2.24, 2.45) is 10.9 Å². The molecule has 0 spiro atoms. The smallest absolute Gasteiger partial charge is 0.173 e. The van der Waals surface area contributed by atoms with Gasteiger partial charge in [-0.3, -0.25) is 4.98 Å². The molecule has 0 aliphatic heterocycles. The van der Waals surface area contributed by atoms with Crippen LogP contribution in [0.4, 0.5) is 5.82 Å². The molecule has 3 N–H and O–H groups in total. The fourth-order valence-electron chi connectivity index (χ4n) is 1.92. The fraction of sp³-hybridized carbons (Fsp3) is 0.214. The second-order valence-electron chi connectivity index (χ2n) is 4.52. The maximum atomic E-state index is 8.86. The van der Waals surface area contributed by atoms with E-state index in [4.69, 9.17) is 10.9 Å². The van der Waals surface area contributed by atoms with Crippen LogP contribution in [0, 0.1) is 6.92 Å². The molecule has 6 heteroatoms. The van der Waals surface area contributed by atoms with Gasteiger partial charge in [-0.2, -0.15) is 0 Å². The van der Waals surface area contributed by atoms with Crippen LogP contribution in [0.3, 0.4) is 0 Å². The largest absolute Gasteiger partial charge is 0.409 e. The number of aromatic nitrogens is 2. The number of oxime groups is 1. The first-order valence-corrected chi connectivity index (χ1v) is 6.17. The quantitative estimate of drug-likeness (QED) is 0.381. The Hall–Kier alpha value is -2.63. The van der Waals surface area contributed by atoms with E-state index in [-0.39, 0.29) is 5.84 Å². The number of pyridine rings is 2. The minimum absolute atomic E-state index is 0.0501. The second-order valence-corrected chi connectivity index (χ2v) is 4.52. The molecule has 2 rings (SSSR count). The number of rotatable bonds is 4. The van der Waals surface area contributed by atoms with Gasteiger partial charge in [-0.25, -0.2) is 4.98 Å². The van der Waals surface area contributed by atoms with E-state index in [1.807, 2.05) is 37.1 Å². The van der Waals surface area contributed by atoms with E-state index < -0.39 is 0 Å². The molecule has 20 heavy (non-hydrogen) atoms. The van der Waals surface area contributed by atoms with Crippen molar-refractivity contribution in [2.75, 3.05) is 11.9 Å². The molecule has 0 aliphatic rings. The highest BCUT2D eigenvalue weighted by molar-refractivity contribution is 6.01. The minimum atomic E-state index is 0.0501. The van der Waals surface area contributed by atoms with Gasteiger partial charge in [-0.05, 0) is 36.8 Å². The average Bonchev–Trinajstić information content (AvgIpc) is 2.47. The van der Waals surface area contributed by atoms with Gasteiger partial charge < -0.3 is 15.8 Å². The van der Waals surface area contributed by atoms with E-state index in [1.54, 1.807) is 18.5 Å². The van der Waals surface area contributed by atoms with Crippen molar-refractivity contribution in [3.8, 4) is 0 Å². The van der Waals surface area contributed by atoms with Crippen LogP contribution >= 0.6 is 0 Å². The van der Waals surface area contributed by atoms with Gasteiger partial charge in [0.25, 0.3) is 0 Å². The number of aryl methyl sites for hydroxylation is 1.